The molecule has 3 heterocycles. The maximum atomic E-state index is 13.4. The van der Waals surface area contributed by atoms with E-state index in [1.54, 1.807) is 18.2 Å². The molecule has 3 aromatic rings. The third-order valence-corrected chi connectivity index (χ3v) is 8.62. The smallest absolute Gasteiger partial charge is 0.255 e. The molecule has 176 valence electrons. The van der Waals surface area contributed by atoms with Crippen molar-refractivity contribution in [1.29, 1.82) is 5.26 Å². The van der Waals surface area contributed by atoms with Crippen LogP contribution in [-0.2, 0) is 13.5 Å². The second-order valence-electron chi connectivity index (χ2n) is 9.75. The monoisotopic (exact) mass is 494 g/mol. The van der Waals surface area contributed by atoms with E-state index < -0.39 is 0 Å². The van der Waals surface area contributed by atoms with Crippen molar-refractivity contribution in [1.82, 2.24) is 14.5 Å². The maximum Gasteiger partial charge on any atom is 0.255 e. The van der Waals surface area contributed by atoms with Crippen LogP contribution in [0.25, 0.3) is 11.0 Å². The third-order valence-electron chi connectivity index (χ3n) is 7.84. The molecule has 5 rings (SSSR count). The van der Waals surface area contributed by atoms with Gasteiger partial charge >= 0.3 is 0 Å². The fourth-order valence-corrected chi connectivity index (χ4v) is 6.07. The Morgan fingerprint density at radius 3 is 2.50 bits per heavy atom. The zero-order chi connectivity index (χ0) is 24.0. The van der Waals surface area contributed by atoms with Crippen LogP contribution in [0.4, 0.5) is 0 Å². The van der Waals surface area contributed by atoms with Crippen LogP contribution in [0.2, 0.25) is 10.0 Å². The predicted octanol–water partition coefficient (Wildman–Crippen LogP) is 6.30. The predicted molar refractivity (Wildman–Crippen MR) is 135 cm³/mol. The normalized spacial score (nSPS) is 17.1. The van der Waals surface area contributed by atoms with Gasteiger partial charge in [-0.1, -0.05) is 42.5 Å². The molecule has 0 unspecified atom stereocenters. The minimum absolute atomic E-state index is 0.0109. The van der Waals surface area contributed by atoms with Crippen LogP contribution < -0.4 is 0 Å². The quantitative estimate of drug-likeness (QED) is 0.427. The summed E-state index contributed by atoms with van der Waals surface area (Å²) in [5, 5.41) is 11.2. The van der Waals surface area contributed by atoms with Gasteiger partial charge in [-0.25, -0.2) is 4.98 Å². The Labute approximate surface area is 210 Å². The third kappa shape index (κ3) is 4.08. The van der Waals surface area contributed by atoms with Crippen molar-refractivity contribution in [3.05, 3.63) is 62.4 Å². The number of piperidine rings is 1. The van der Waals surface area contributed by atoms with E-state index in [2.05, 4.69) is 17.1 Å². The molecule has 5 nitrogen and oxygen atoms in total. The summed E-state index contributed by atoms with van der Waals surface area (Å²) in [7, 11) is 1.92. The van der Waals surface area contributed by atoms with Gasteiger partial charge in [-0.3, -0.25) is 4.79 Å². The molecule has 1 saturated heterocycles. The first-order valence-electron chi connectivity index (χ1n) is 12.0. The van der Waals surface area contributed by atoms with Crippen molar-refractivity contribution in [2.24, 2.45) is 18.9 Å². The minimum Gasteiger partial charge on any atom is -0.339 e. The molecule has 0 spiro atoms. The summed E-state index contributed by atoms with van der Waals surface area (Å²) < 4.78 is 1.97. The molecular formula is C27H28Cl2N4O. The van der Waals surface area contributed by atoms with E-state index in [1.807, 2.05) is 23.4 Å². The number of rotatable bonds is 4. The molecule has 2 fully saturated rings. The van der Waals surface area contributed by atoms with Gasteiger partial charge in [0.2, 0.25) is 0 Å². The van der Waals surface area contributed by atoms with Gasteiger partial charge in [0.1, 0.15) is 17.4 Å². The van der Waals surface area contributed by atoms with E-state index >= 15 is 0 Å². The van der Waals surface area contributed by atoms with E-state index in [-0.39, 0.29) is 5.91 Å². The fraction of sp³-hybridized carbons (Fsp3) is 0.444. The molecule has 0 radical (unpaired) electrons. The summed E-state index contributed by atoms with van der Waals surface area (Å²) in [5.41, 5.74) is 4.36. The number of aryl methyl sites for hydroxylation is 2. The Morgan fingerprint density at radius 2 is 1.85 bits per heavy atom. The molecule has 7 heteroatoms. The number of nitrogens with zero attached hydrogens (tertiary/aromatic N) is 4. The van der Waals surface area contributed by atoms with Crippen LogP contribution >= 0.6 is 23.2 Å². The maximum absolute atomic E-state index is 13.4. The Hall–Kier alpha value is -2.55. The summed E-state index contributed by atoms with van der Waals surface area (Å²) in [6.45, 7) is 3.56. The summed E-state index contributed by atoms with van der Waals surface area (Å²) in [6, 6.07) is 9.50. The van der Waals surface area contributed by atoms with Gasteiger partial charge in [-0.05, 0) is 67.0 Å². The summed E-state index contributed by atoms with van der Waals surface area (Å²) in [6.07, 6.45) is 6.70. The van der Waals surface area contributed by atoms with Crippen molar-refractivity contribution < 1.29 is 4.79 Å². The average Bonchev–Trinajstić information content (AvgIpc) is 3.11. The number of hydrogen-bond acceptors (Lipinski definition) is 3. The molecule has 34 heavy (non-hydrogen) atoms. The summed E-state index contributed by atoms with van der Waals surface area (Å²) in [4.78, 5) is 19.8. The molecule has 2 aliphatic rings. The molecule has 2 aromatic heterocycles. The fourth-order valence-electron chi connectivity index (χ4n) is 5.49. The van der Waals surface area contributed by atoms with Crippen molar-refractivity contribution in [2.75, 3.05) is 13.1 Å². The number of hydrogen-bond donors (Lipinski definition) is 0. The lowest BCUT2D eigenvalue weighted by atomic mass is 9.72. The van der Waals surface area contributed by atoms with Gasteiger partial charge < -0.3 is 9.47 Å². The lowest BCUT2D eigenvalue weighted by Gasteiger charge is -2.40. The number of aromatic nitrogens is 2. The number of halogens is 2. The van der Waals surface area contributed by atoms with Crippen LogP contribution in [0.1, 0.15) is 65.0 Å². The zero-order valence-corrected chi connectivity index (χ0v) is 21.1. The van der Waals surface area contributed by atoms with Crippen LogP contribution in [0.3, 0.4) is 0 Å². The first kappa shape index (κ1) is 23.2. The van der Waals surface area contributed by atoms with E-state index in [4.69, 9.17) is 23.2 Å². The highest BCUT2D eigenvalue weighted by Crippen LogP contribution is 2.39. The zero-order valence-electron chi connectivity index (χ0n) is 19.6. The number of carbonyl (C=O) groups excluding carboxylic acids is 1. The van der Waals surface area contributed by atoms with Crippen molar-refractivity contribution in [2.45, 2.75) is 45.4 Å². The number of fused-ring (bicyclic) bond motifs is 1. The number of amides is 1. The molecule has 0 N–H and O–H groups in total. The average molecular weight is 495 g/mol. The van der Waals surface area contributed by atoms with Gasteiger partial charge in [-0.2, -0.15) is 5.26 Å². The van der Waals surface area contributed by atoms with Gasteiger partial charge in [0.15, 0.2) is 0 Å². The number of likely N-dealkylation sites (tertiary alicyclic amines) is 1. The summed E-state index contributed by atoms with van der Waals surface area (Å²) >= 11 is 13.4. The van der Waals surface area contributed by atoms with E-state index in [9.17, 15) is 10.1 Å². The van der Waals surface area contributed by atoms with Gasteiger partial charge in [-0.15, -0.1) is 0 Å². The number of pyridine rings is 1. The highest BCUT2D eigenvalue weighted by atomic mass is 35.5. The van der Waals surface area contributed by atoms with E-state index in [0.717, 1.165) is 65.6 Å². The van der Waals surface area contributed by atoms with Crippen LogP contribution in [-0.4, -0.2) is 33.4 Å². The van der Waals surface area contributed by atoms with Crippen molar-refractivity contribution >= 4 is 40.1 Å². The number of benzene rings is 1. The Kier molecular flexibility index (Phi) is 6.31. The number of nitriles is 1. The second-order valence-corrected chi connectivity index (χ2v) is 10.5. The Morgan fingerprint density at radius 1 is 1.15 bits per heavy atom. The molecule has 0 atom stereocenters. The van der Waals surface area contributed by atoms with Gasteiger partial charge in [0.25, 0.3) is 5.91 Å². The Bertz CT molecular complexity index is 1310. The second kappa shape index (κ2) is 9.24. The molecular weight excluding hydrogens is 467 g/mol. The van der Waals surface area contributed by atoms with E-state index in [0.29, 0.717) is 27.7 Å². The molecule has 1 aliphatic carbocycles. The standard InChI is InChI=1S/C27H28Cl2N4O/c1-16-12-19(15-30)31-26-22(16)13-20(32(26)2)14-23-24(28)7-6-21(25(23)29)27(34)33-10-8-18(9-11-33)17-4-3-5-17/h6-7,12-13,17-18H,3-5,8-11,14H2,1-2H3. The topological polar surface area (TPSA) is 61.9 Å². The lowest BCUT2D eigenvalue weighted by Crippen LogP contribution is -2.41. The van der Waals surface area contributed by atoms with Crippen molar-refractivity contribution in [3.8, 4) is 6.07 Å². The van der Waals surface area contributed by atoms with Crippen molar-refractivity contribution in [3.63, 3.8) is 0 Å². The molecule has 1 aliphatic heterocycles. The highest BCUT2D eigenvalue weighted by Gasteiger charge is 2.32. The largest absolute Gasteiger partial charge is 0.339 e. The Balaban J connectivity index is 1.41. The summed E-state index contributed by atoms with van der Waals surface area (Å²) in [5.74, 6) is 1.62. The van der Waals surface area contributed by atoms with Gasteiger partial charge in [0.05, 0.1) is 10.6 Å². The molecule has 0 bridgehead atoms. The first-order chi connectivity index (χ1) is 16.4. The molecule has 1 saturated carbocycles. The van der Waals surface area contributed by atoms with Crippen LogP contribution in [0.15, 0.2) is 24.3 Å². The van der Waals surface area contributed by atoms with Crippen LogP contribution in [0.5, 0.6) is 0 Å². The molecule has 1 amide bonds. The van der Waals surface area contributed by atoms with Gasteiger partial charge in [0, 0.05) is 42.7 Å². The number of carbonyl (C=O) groups is 1. The van der Waals surface area contributed by atoms with E-state index in [1.165, 1.54) is 19.3 Å². The minimum atomic E-state index is -0.0109. The van der Waals surface area contributed by atoms with Crippen LogP contribution in [0, 0.1) is 30.1 Å². The lowest BCUT2D eigenvalue weighted by molar-refractivity contribution is 0.0609. The SMILES string of the molecule is Cc1cc(C#N)nc2c1cc(Cc1c(Cl)ccc(C(=O)N3CCC(C4CCC4)CC3)c1Cl)n2C. The molecule has 1 aromatic carbocycles. The first-order valence-corrected chi connectivity index (χ1v) is 12.7. The highest BCUT2D eigenvalue weighted by molar-refractivity contribution is 6.38.